The molecule has 0 heterocycles. The molecule has 108 valence electrons. The molecule has 1 atom stereocenters. The first-order valence-corrected chi connectivity index (χ1v) is 6.40. The van der Waals surface area contributed by atoms with E-state index in [0.29, 0.717) is 6.42 Å². The van der Waals surface area contributed by atoms with Crippen LogP contribution in [0.15, 0.2) is 0 Å². The SMILES string of the molecule is O=C(O)C(O)(O)C(O)CCCCCCCCCO. The fourth-order valence-electron chi connectivity index (χ4n) is 1.68. The molecule has 0 amide bonds. The lowest BCUT2D eigenvalue weighted by Gasteiger charge is -2.22. The summed E-state index contributed by atoms with van der Waals surface area (Å²) < 4.78 is 0. The summed E-state index contributed by atoms with van der Waals surface area (Å²) in [6.07, 6.45) is 4.59. The Morgan fingerprint density at radius 3 is 1.83 bits per heavy atom. The Bertz CT molecular complexity index is 229. The molecule has 0 aromatic carbocycles. The van der Waals surface area contributed by atoms with Gasteiger partial charge in [0.1, 0.15) is 6.10 Å². The predicted molar refractivity (Wildman–Crippen MR) is 64.8 cm³/mol. The molecule has 0 saturated heterocycles. The Labute approximate surface area is 107 Å². The number of carboxylic acid groups (broad SMARTS) is 1. The molecule has 0 aliphatic rings. The number of hydrogen-bond acceptors (Lipinski definition) is 5. The van der Waals surface area contributed by atoms with E-state index in [-0.39, 0.29) is 13.0 Å². The van der Waals surface area contributed by atoms with E-state index in [2.05, 4.69) is 0 Å². The highest BCUT2D eigenvalue weighted by atomic mass is 16.6. The van der Waals surface area contributed by atoms with Crippen LogP contribution in [0.4, 0.5) is 0 Å². The van der Waals surface area contributed by atoms with Gasteiger partial charge in [0.25, 0.3) is 5.79 Å². The van der Waals surface area contributed by atoms with Gasteiger partial charge in [-0.1, -0.05) is 38.5 Å². The van der Waals surface area contributed by atoms with E-state index in [0.717, 1.165) is 38.5 Å². The van der Waals surface area contributed by atoms with Crippen LogP contribution in [0.2, 0.25) is 0 Å². The number of aliphatic hydroxyl groups is 4. The van der Waals surface area contributed by atoms with E-state index in [1.54, 1.807) is 0 Å². The first-order valence-electron chi connectivity index (χ1n) is 6.40. The van der Waals surface area contributed by atoms with Crippen molar-refractivity contribution in [3.63, 3.8) is 0 Å². The van der Waals surface area contributed by atoms with Crippen molar-refractivity contribution >= 4 is 5.97 Å². The van der Waals surface area contributed by atoms with Gasteiger partial charge in [-0.15, -0.1) is 0 Å². The monoisotopic (exact) mass is 264 g/mol. The fourth-order valence-corrected chi connectivity index (χ4v) is 1.68. The van der Waals surface area contributed by atoms with Crippen molar-refractivity contribution in [2.75, 3.05) is 6.61 Å². The lowest BCUT2D eigenvalue weighted by Crippen LogP contribution is -2.49. The second kappa shape index (κ2) is 9.27. The van der Waals surface area contributed by atoms with Crippen molar-refractivity contribution in [1.29, 1.82) is 0 Å². The second-order valence-corrected chi connectivity index (χ2v) is 4.53. The molecular formula is C12H24O6. The Hall–Kier alpha value is -0.690. The number of carboxylic acids is 1. The molecule has 1 unspecified atom stereocenters. The molecule has 5 N–H and O–H groups in total. The van der Waals surface area contributed by atoms with E-state index in [9.17, 15) is 9.90 Å². The molecule has 6 heteroatoms. The summed E-state index contributed by atoms with van der Waals surface area (Å²) in [5.74, 6) is -4.89. The topological polar surface area (TPSA) is 118 Å². The molecule has 0 aliphatic carbocycles. The zero-order valence-corrected chi connectivity index (χ0v) is 10.6. The Balaban J connectivity index is 3.52. The molecule has 0 bridgehead atoms. The van der Waals surface area contributed by atoms with Crippen LogP contribution in [-0.4, -0.2) is 50.0 Å². The van der Waals surface area contributed by atoms with Crippen molar-refractivity contribution in [2.24, 2.45) is 0 Å². The summed E-state index contributed by atoms with van der Waals surface area (Å²) in [5, 5.41) is 44.4. The maximum absolute atomic E-state index is 10.4. The molecule has 0 spiro atoms. The standard InChI is InChI=1S/C12H24O6/c13-9-7-5-3-1-2-4-6-8-10(14)12(17,18)11(15)16/h10,13-14,17-18H,1-9H2,(H,15,16). The van der Waals surface area contributed by atoms with Crippen LogP contribution in [0, 0.1) is 0 Å². The summed E-state index contributed by atoms with van der Waals surface area (Å²) in [6.45, 7) is 0.219. The number of hydrogen-bond donors (Lipinski definition) is 5. The smallest absolute Gasteiger partial charge is 0.366 e. The quantitative estimate of drug-likeness (QED) is 0.269. The van der Waals surface area contributed by atoms with Crippen LogP contribution in [0.5, 0.6) is 0 Å². The zero-order valence-electron chi connectivity index (χ0n) is 10.6. The first-order chi connectivity index (χ1) is 8.42. The molecule has 18 heavy (non-hydrogen) atoms. The minimum atomic E-state index is -3.05. The number of aliphatic carboxylic acids is 1. The van der Waals surface area contributed by atoms with Gasteiger partial charge in [0, 0.05) is 6.61 Å². The van der Waals surface area contributed by atoms with Gasteiger partial charge in [-0.05, 0) is 12.8 Å². The van der Waals surface area contributed by atoms with Crippen molar-refractivity contribution < 1.29 is 30.3 Å². The summed E-state index contributed by atoms with van der Waals surface area (Å²) >= 11 is 0. The minimum absolute atomic E-state index is 0.0515. The largest absolute Gasteiger partial charge is 0.477 e. The number of aliphatic hydroxyl groups excluding tert-OH is 2. The normalized spacial score (nSPS) is 13.6. The molecule has 0 saturated carbocycles. The molecule has 0 rings (SSSR count). The number of rotatable bonds is 11. The molecule has 0 fully saturated rings. The highest BCUT2D eigenvalue weighted by molar-refractivity contribution is 5.75. The molecule has 0 aromatic rings. The van der Waals surface area contributed by atoms with E-state index in [1.165, 1.54) is 0 Å². The Morgan fingerprint density at radius 1 is 0.944 bits per heavy atom. The van der Waals surface area contributed by atoms with E-state index < -0.39 is 17.9 Å². The van der Waals surface area contributed by atoms with Crippen molar-refractivity contribution in [2.45, 2.75) is 63.3 Å². The Kier molecular flexibility index (Phi) is 8.91. The van der Waals surface area contributed by atoms with E-state index >= 15 is 0 Å². The first kappa shape index (κ1) is 17.3. The summed E-state index contributed by atoms with van der Waals surface area (Å²) in [6, 6.07) is 0. The van der Waals surface area contributed by atoms with Crippen molar-refractivity contribution in [3.05, 3.63) is 0 Å². The fraction of sp³-hybridized carbons (Fsp3) is 0.917. The van der Waals surface area contributed by atoms with Gasteiger partial charge in [-0.3, -0.25) is 0 Å². The van der Waals surface area contributed by atoms with Gasteiger partial charge in [0.15, 0.2) is 0 Å². The van der Waals surface area contributed by atoms with Gasteiger partial charge >= 0.3 is 5.97 Å². The third kappa shape index (κ3) is 6.90. The van der Waals surface area contributed by atoms with Crippen LogP contribution in [-0.2, 0) is 4.79 Å². The van der Waals surface area contributed by atoms with E-state index in [4.69, 9.17) is 20.4 Å². The maximum atomic E-state index is 10.4. The van der Waals surface area contributed by atoms with Gasteiger partial charge in [-0.25, -0.2) is 4.79 Å². The third-order valence-corrected chi connectivity index (χ3v) is 2.92. The average Bonchev–Trinajstić information content (AvgIpc) is 2.32. The van der Waals surface area contributed by atoms with Crippen molar-refractivity contribution in [3.8, 4) is 0 Å². The van der Waals surface area contributed by atoms with Crippen molar-refractivity contribution in [1.82, 2.24) is 0 Å². The zero-order chi connectivity index (χ0) is 14.0. The maximum Gasteiger partial charge on any atom is 0.366 e. The lowest BCUT2D eigenvalue weighted by atomic mass is 10.0. The van der Waals surface area contributed by atoms with Crippen LogP contribution < -0.4 is 0 Å². The molecule has 0 aromatic heterocycles. The van der Waals surface area contributed by atoms with Crippen LogP contribution in [0.1, 0.15) is 51.4 Å². The van der Waals surface area contributed by atoms with E-state index in [1.807, 2.05) is 0 Å². The summed E-state index contributed by atoms with van der Waals surface area (Å²) in [5.41, 5.74) is 0. The molecule has 6 nitrogen and oxygen atoms in total. The van der Waals surface area contributed by atoms with Crippen LogP contribution in [0.25, 0.3) is 0 Å². The highest BCUT2D eigenvalue weighted by Crippen LogP contribution is 2.15. The minimum Gasteiger partial charge on any atom is -0.477 e. The third-order valence-electron chi connectivity index (χ3n) is 2.92. The van der Waals surface area contributed by atoms with Gasteiger partial charge < -0.3 is 25.5 Å². The molecule has 0 aliphatic heterocycles. The van der Waals surface area contributed by atoms with Crippen LogP contribution >= 0.6 is 0 Å². The molecular weight excluding hydrogens is 240 g/mol. The number of unbranched alkanes of at least 4 members (excludes halogenated alkanes) is 6. The average molecular weight is 264 g/mol. The second-order valence-electron chi connectivity index (χ2n) is 4.53. The van der Waals surface area contributed by atoms with Crippen LogP contribution in [0.3, 0.4) is 0 Å². The summed E-state index contributed by atoms with van der Waals surface area (Å²) in [7, 11) is 0. The van der Waals surface area contributed by atoms with Gasteiger partial charge in [0.05, 0.1) is 0 Å². The summed E-state index contributed by atoms with van der Waals surface area (Å²) in [4.78, 5) is 10.4. The van der Waals surface area contributed by atoms with Gasteiger partial charge in [0.2, 0.25) is 0 Å². The highest BCUT2D eigenvalue weighted by Gasteiger charge is 2.41. The lowest BCUT2D eigenvalue weighted by molar-refractivity contribution is -0.237. The predicted octanol–water partition coefficient (Wildman–Crippen LogP) is 0.226. The molecule has 0 radical (unpaired) electrons. The van der Waals surface area contributed by atoms with Gasteiger partial charge in [-0.2, -0.15) is 0 Å². The Morgan fingerprint density at radius 2 is 1.39 bits per heavy atom. The number of carbonyl (C=O) groups is 1.